The molecule has 14 heavy (non-hydrogen) atoms. The molecule has 0 amide bonds. The fourth-order valence-corrected chi connectivity index (χ4v) is 1.56. The van der Waals surface area contributed by atoms with E-state index < -0.39 is 0 Å². The summed E-state index contributed by atoms with van der Waals surface area (Å²) < 4.78 is 5.41. The van der Waals surface area contributed by atoms with Crippen LogP contribution < -0.4 is 5.73 Å². The summed E-state index contributed by atoms with van der Waals surface area (Å²) in [6.07, 6.45) is 0.600. The van der Waals surface area contributed by atoms with E-state index in [4.69, 9.17) is 33.4 Å². The van der Waals surface area contributed by atoms with Crippen molar-refractivity contribution in [2.75, 3.05) is 6.54 Å². The second kappa shape index (κ2) is 3.77. The van der Waals surface area contributed by atoms with Gasteiger partial charge in [-0.1, -0.05) is 23.2 Å². The van der Waals surface area contributed by atoms with Gasteiger partial charge in [0.15, 0.2) is 11.5 Å². The van der Waals surface area contributed by atoms with E-state index in [1.54, 1.807) is 12.1 Å². The molecule has 0 atom stereocenters. The van der Waals surface area contributed by atoms with Crippen LogP contribution in [0.3, 0.4) is 0 Å². The summed E-state index contributed by atoms with van der Waals surface area (Å²) >= 11 is 11.8. The molecule has 1 heterocycles. The molecule has 0 aliphatic carbocycles. The van der Waals surface area contributed by atoms with Gasteiger partial charge in [-0.05, 0) is 12.1 Å². The third kappa shape index (κ3) is 1.59. The van der Waals surface area contributed by atoms with Gasteiger partial charge >= 0.3 is 0 Å². The molecule has 0 saturated heterocycles. The number of fused-ring (bicyclic) bond motifs is 1. The zero-order valence-electron chi connectivity index (χ0n) is 7.26. The predicted octanol–water partition coefficient (Wildman–Crippen LogP) is 2.64. The van der Waals surface area contributed by atoms with E-state index in [2.05, 4.69) is 4.98 Å². The van der Waals surface area contributed by atoms with Gasteiger partial charge in [-0.2, -0.15) is 0 Å². The summed E-state index contributed by atoms with van der Waals surface area (Å²) in [5.41, 5.74) is 6.63. The smallest absolute Gasteiger partial charge is 0.196 e. The second-order valence-electron chi connectivity index (χ2n) is 2.86. The van der Waals surface area contributed by atoms with Crippen molar-refractivity contribution in [2.45, 2.75) is 6.42 Å². The lowest BCUT2D eigenvalue weighted by molar-refractivity contribution is 0.531. The highest BCUT2D eigenvalue weighted by Crippen LogP contribution is 2.31. The summed E-state index contributed by atoms with van der Waals surface area (Å²) in [4.78, 5) is 4.21. The van der Waals surface area contributed by atoms with Crippen molar-refractivity contribution in [3.63, 3.8) is 0 Å². The molecule has 0 radical (unpaired) electrons. The first-order valence-electron chi connectivity index (χ1n) is 4.16. The minimum atomic E-state index is 0.403. The first-order chi connectivity index (χ1) is 6.72. The monoisotopic (exact) mass is 230 g/mol. The van der Waals surface area contributed by atoms with Gasteiger partial charge in [-0.3, -0.25) is 0 Å². The molecule has 0 aliphatic rings. The lowest BCUT2D eigenvalue weighted by Crippen LogP contribution is -2.02. The Morgan fingerprint density at radius 3 is 2.86 bits per heavy atom. The van der Waals surface area contributed by atoms with Crippen molar-refractivity contribution in [1.29, 1.82) is 0 Å². The topological polar surface area (TPSA) is 52.0 Å². The van der Waals surface area contributed by atoms with Crippen molar-refractivity contribution >= 4 is 34.3 Å². The molecular formula is C9H8Cl2N2O. The van der Waals surface area contributed by atoms with Crippen molar-refractivity contribution < 1.29 is 4.42 Å². The van der Waals surface area contributed by atoms with Gasteiger partial charge in [0.05, 0.1) is 5.02 Å². The number of nitrogens with zero attached hydrogens (tertiary/aromatic N) is 1. The summed E-state index contributed by atoms with van der Waals surface area (Å²) in [5.74, 6) is 0.590. The average Bonchev–Trinajstić information content (AvgIpc) is 2.56. The highest BCUT2D eigenvalue weighted by Gasteiger charge is 2.10. The maximum atomic E-state index is 5.94. The van der Waals surface area contributed by atoms with Crippen LogP contribution in [0.25, 0.3) is 11.1 Å². The number of benzene rings is 1. The molecule has 0 fully saturated rings. The first kappa shape index (κ1) is 9.77. The van der Waals surface area contributed by atoms with Crippen LogP contribution in [0.2, 0.25) is 10.0 Å². The summed E-state index contributed by atoms with van der Waals surface area (Å²) in [7, 11) is 0. The van der Waals surface area contributed by atoms with E-state index in [-0.39, 0.29) is 0 Å². The maximum Gasteiger partial charge on any atom is 0.196 e. The van der Waals surface area contributed by atoms with E-state index in [9.17, 15) is 0 Å². The molecule has 74 valence electrons. The normalized spacial score (nSPS) is 11.1. The SMILES string of the molecule is NCCc1nc2ccc(Cl)c(Cl)c2o1. The molecule has 2 rings (SSSR count). The predicted molar refractivity (Wildman–Crippen MR) is 56.8 cm³/mol. The number of hydrogen-bond acceptors (Lipinski definition) is 3. The summed E-state index contributed by atoms with van der Waals surface area (Å²) in [6.45, 7) is 0.498. The third-order valence-electron chi connectivity index (χ3n) is 1.85. The molecule has 3 nitrogen and oxygen atoms in total. The molecule has 2 aromatic rings. The van der Waals surface area contributed by atoms with Crippen LogP contribution in [0.4, 0.5) is 0 Å². The van der Waals surface area contributed by atoms with Gasteiger partial charge in [-0.15, -0.1) is 0 Å². The van der Waals surface area contributed by atoms with Gasteiger partial charge in [0.2, 0.25) is 0 Å². The standard InChI is InChI=1S/C9H8Cl2N2O/c10-5-1-2-6-9(8(5)11)14-7(13-6)3-4-12/h1-2H,3-4,12H2. The highest BCUT2D eigenvalue weighted by atomic mass is 35.5. The van der Waals surface area contributed by atoms with Gasteiger partial charge in [-0.25, -0.2) is 4.98 Å². The van der Waals surface area contributed by atoms with Crippen LogP contribution in [0.5, 0.6) is 0 Å². The Balaban J connectivity index is 2.59. The minimum absolute atomic E-state index is 0.403. The van der Waals surface area contributed by atoms with Crippen molar-refractivity contribution in [3.8, 4) is 0 Å². The Hall–Kier alpha value is -0.770. The van der Waals surface area contributed by atoms with Crippen LogP contribution in [-0.4, -0.2) is 11.5 Å². The first-order valence-corrected chi connectivity index (χ1v) is 4.91. The molecule has 1 aromatic heterocycles. The fourth-order valence-electron chi connectivity index (χ4n) is 1.21. The molecule has 0 saturated carbocycles. The molecule has 1 aromatic carbocycles. The van der Waals surface area contributed by atoms with Crippen LogP contribution >= 0.6 is 23.2 Å². The summed E-state index contributed by atoms with van der Waals surface area (Å²) in [6, 6.07) is 3.47. The Morgan fingerprint density at radius 2 is 2.14 bits per heavy atom. The zero-order valence-corrected chi connectivity index (χ0v) is 8.77. The average molecular weight is 231 g/mol. The van der Waals surface area contributed by atoms with Crippen LogP contribution in [0.15, 0.2) is 16.5 Å². The quantitative estimate of drug-likeness (QED) is 0.864. The van der Waals surface area contributed by atoms with Gasteiger partial charge in [0, 0.05) is 13.0 Å². The Bertz CT molecular complexity index is 467. The van der Waals surface area contributed by atoms with Crippen LogP contribution in [0, 0.1) is 0 Å². The zero-order chi connectivity index (χ0) is 10.1. The molecule has 0 bridgehead atoms. The highest BCUT2D eigenvalue weighted by molar-refractivity contribution is 6.44. The van der Waals surface area contributed by atoms with Crippen molar-refractivity contribution in [3.05, 3.63) is 28.1 Å². The number of halogens is 2. The largest absolute Gasteiger partial charge is 0.439 e. The minimum Gasteiger partial charge on any atom is -0.439 e. The van der Waals surface area contributed by atoms with Gasteiger partial charge in [0.25, 0.3) is 0 Å². The molecule has 0 unspecified atom stereocenters. The Labute approximate surface area is 90.8 Å². The number of hydrogen-bond donors (Lipinski definition) is 1. The number of aromatic nitrogens is 1. The van der Waals surface area contributed by atoms with Gasteiger partial charge in [0.1, 0.15) is 10.5 Å². The number of oxazole rings is 1. The van der Waals surface area contributed by atoms with Crippen LogP contribution in [-0.2, 0) is 6.42 Å². The van der Waals surface area contributed by atoms with Crippen molar-refractivity contribution in [2.24, 2.45) is 5.73 Å². The van der Waals surface area contributed by atoms with E-state index >= 15 is 0 Å². The van der Waals surface area contributed by atoms with E-state index in [1.807, 2.05) is 0 Å². The Morgan fingerprint density at radius 1 is 1.36 bits per heavy atom. The number of nitrogens with two attached hydrogens (primary N) is 1. The molecule has 2 N–H and O–H groups in total. The number of rotatable bonds is 2. The lowest BCUT2D eigenvalue weighted by Gasteiger charge is -1.93. The van der Waals surface area contributed by atoms with Crippen LogP contribution in [0.1, 0.15) is 5.89 Å². The molecular weight excluding hydrogens is 223 g/mol. The summed E-state index contributed by atoms with van der Waals surface area (Å²) in [5, 5.41) is 0.870. The lowest BCUT2D eigenvalue weighted by atomic mass is 10.3. The van der Waals surface area contributed by atoms with Gasteiger partial charge < -0.3 is 10.2 Å². The molecule has 0 spiro atoms. The second-order valence-corrected chi connectivity index (χ2v) is 3.64. The van der Waals surface area contributed by atoms with E-state index in [0.717, 1.165) is 0 Å². The van der Waals surface area contributed by atoms with Crippen molar-refractivity contribution in [1.82, 2.24) is 4.98 Å². The Kier molecular flexibility index (Phi) is 2.63. The van der Waals surface area contributed by atoms with E-state index in [0.29, 0.717) is 40.0 Å². The third-order valence-corrected chi connectivity index (χ3v) is 2.64. The molecule has 0 aliphatic heterocycles. The maximum absolute atomic E-state index is 5.94. The fraction of sp³-hybridized carbons (Fsp3) is 0.222. The van der Waals surface area contributed by atoms with E-state index in [1.165, 1.54) is 0 Å². The molecule has 5 heteroatoms.